The van der Waals surface area contributed by atoms with Crippen LogP contribution in [0.3, 0.4) is 0 Å². The van der Waals surface area contributed by atoms with E-state index in [0.29, 0.717) is 11.3 Å². The maximum atomic E-state index is 13.2. The Balaban J connectivity index is 1.78. The zero-order valence-electron chi connectivity index (χ0n) is 20.5. The lowest BCUT2D eigenvalue weighted by atomic mass is 10.0. The van der Waals surface area contributed by atoms with Crippen molar-refractivity contribution in [2.24, 2.45) is 5.73 Å². The van der Waals surface area contributed by atoms with E-state index in [4.69, 9.17) is 5.73 Å². The van der Waals surface area contributed by atoms with Gasteiger partial charge in [-0.15, -0.1) is 0 Å². The average Bonchev–Trinajstić information content (AvgIpc) is 3.54. The standard InChI is InChI=1S/C24H31N7O7/c1-12(33)20(31-21(34)16(25)7-14-9-26-11-28-14)23(36)29-18(22(35)30-19(10-32)24(37)38)6-13-8-27-17-5-3-2-4-15(13)17/h2-5,8-9,11-12,16,18-20,27,32-33H,6-7,10,25H2,1H3,(H,26,28)(H,29,36)(H,30,35)(H,31,34)(H,37,38). The number of fused-ring (bicyclic) bond motifs is 1. The van der Waals surface area contributed by atoms with Crippen LogP contribution in [0.2, 0.25) is 0 Å². The van der Waals surface area contributed by atoms with Crippen molar-refractivity contribution in [2.45, 2.75) is 50.0 Å². The number of carboxylic acids is 1. The number of aliphatic hydroxyl groups excluding tert-OH is 2. The number of imidazole rings is 1. The minimum atomic E-state index is -1.60. The number of nitrogens with zero attached hydrogens (tertiary/aromatic N) is 1. The summed E-state index contributed by atoms with van der Waals surface area (Å²) in [4.78, 5) is 59.9. The van der Waals surface area contributed by atoms with Gasteiger partial charge >= 0.3 is 5.97 Å². The molecule has 14 heteroatoms. The van der Waals surface area contributed by atoms with Gasteiger partial charge in [0.15, 0.2) is 0 Å². The molecule has 0 spiro atoms. The van der Waals surface area contributed by atoms with Gasteiger partial charge in [-0.2, -0.15) is 0 Å². The molecule has 0 saturated heterocycles. The molecule has 10 N–H and O–H groups in total. The molecule has 3 amide bonds. The van der Waals surface area contributed by atoms with E-state index in [1.165, 1.54) is 19.4 Å². The third kappa shape index (κ3) is 7.15. The number of para-hydroxylation sites is 1. The number of rotatable bonds is 13. The number of aromatic amines is 2. The van der Waals surface area contributed by atoms with E-state index in [1.807, 2.05) is 18.2 Å². The lowest BCUT2D eigenvalue weighted by Gasteiger charge is -2.26. The Hall–Kier alpha value is -4.27. The number of hydrogen-bond acceptors (Lipinski definition) is 8. The van der Waals surface area contributed by atoms with Gasteiger partial charge in [-0.3, -0.25) is 14.4 Å². The van der Waals surface area contributed by atoms with E-state index in [0.717, 1.165) is 10.9 Å². The molecule has 1 aromatic carbocycles. The third-order valence-corrected chi connectivity index (χ3v) is 5.92. The van der Waals surface area contributed by atoms with Crippen LogP contribution in [0.5, 0.6) is 0 Å². The van der Waals surface area contributed by atoms with Crippen LogP contribution in [0.15, 0.2) is 43.0 Å². The van der Waals surface area contributed by atoms with Crippen molar-refractivity contribution in [3.63, 3.8) is 0 Å². The molecule has 0 aliphatic rings. The highest BCUT2D eigenvalue weighted by atomic mass is 16.4. The van der Waals surface area contributed by atoms with Crippen LogP contribution in [0.25, 0.3) is 10.9 Å². The van der Waals surface area contributed by atoms with Crippen LogP contribution in [0.4, 0.5) is 0 Å². The van der Waals surface area contributed by atoms with Crippen molar-refractivity contribution >= 4 is 34.6 Å². The van der Waals surface area contributed by atoms with Gasteiger partial charge in [-0.05, 0) is 18.6 Å². The van der Waals surface area contributed by atoms with Crippen molar-refractivity contribution in [3.05, 3.63) is 54.2 Å². The van der Waals surface area contributed by atoms with E-state index in [1.54, 1.807) is 12.3 Å². The van der Waals surface area contributed by atoms with Gasteiger partial charge in [0.2, 0.25) is 17.7 Å². The van der Waals surface area contributed by atoms with E-state index >= 15 is 0 Å². The minimum absolute atomic E-state index is 0.0564. The molecular formula is C24H31N7O7. The van der Waals surface area contributed by atoms with E-state index < -0.39 is 60.6 Å². The SMILES string of the molecule is CC(O)C(NC(=O)C(N)Cc1cnc[nH]1)C(=O)NC(Cc1c[nH]c2ccccc12)C(=O)NC(CO)C(=O)O. The molecule has 38 heavy (non-hydrogen) atoms. The first-order valence-corrected chi connectivity index (χ1v) is 11.8. The molecule has 0 fully saturated rings. The van der Waals surface area contributed by atoms with Crippen LogP contribution < -0.4 is 21.7 Å². The lowest BCUT2D eigenvalue weighted by molar-refractivity contribution is -0.143. The lowest BCUT2D eigenvalue weighted by Crippen LogP contribution is -2.60. The van der Waals surface area contributed by atoms with Crippen LogP contribution in [-0.4, -0.2) is 90.8 Å². The molecule has 3 rings (SSSR count). The molecule has 204 valence electrons. The molecule has 2 heterocycles. The Morgan fingerprint density at radius 1 is 1.00 bits per heavy atom. The molecule has 5 unspecified atom stereocenters. The second kappa shape index (κ2) is 12.8. The number of carbonyl (C=O) groups is 4. The van der Waals surface area contributed by atoms with E-state index in [2.05, 4.69) is 30.9 Å². The molecule has 2 aromatic heterocycles. The predicted octanol–water partition coefficient (Wildman–Crippen LogP) is -2.08. The highest BCUT2D eigenvalue weighted by Crippen LogP contribution is 2.19. The summed E-state index contributed by atoms with van der Waals surface area (Å²) in [7, 11) is 0. The van der Waals surface area contributed by atoms with Crippen molar-refractivity contribution < 1.29 is 34.5 Å². The zero-order chi connectivity index (χ0) is 27.8. The molecule has 0 bridgehead atoms. The summed E-state index contributed by atoms with van der Waals surface area (Å²) in [5.74, 6) is -3.95. The normalized spacial score (nSPS) is 15.2. The number of amides is 3. The topological polar surface area (TPSA) is 236 Å². The number of aromatic nitrogens is 3. The van der Waals surface area contributed by atoms with Gasteiger partial charge < -0.3 is 47.0 Å². The van der Waals surface area contributed by atoms with Crippen LogP contribution in [0, 0.1) is 0 Å². The van der Waals surface area contributed by atoms with Gasteiger partial charge in [0.25, 0.3) is 0 Å². The first-order chi connectivity index (χ1) is 18.1. The third-order valence-electron chi connectivity index (χ3n) is 5.92. The fraction of sp³-hybridized carbons (Fsp3) is 0.375. The quantitative estimate of drug-likeness (QED) is 0.118. The van der Waals surface area contributed by atoms with Crippen molar-refractivity contribution in [3.8, 4) is 0 Å². The number of nitrogens with two attached hydrogens (primary N) is 1. The van der Waals surface area contributed by atoms with Crippen LogP contribution in [0.1, 0.15) is 18.2 Å². The largest absolute Gasteiger partial charge is 0.480 e. The maximum absolute atomic E-state index is 13.2. The summed E-state index contributed by atoms with van der Waals surface area (Å²) >= 11 is 0. The highest BCUT2D eigenvalue weighted by molar-refractivity contribution is 5.95. The first kappa shape index (κ1) is 28.3. The summed E-state index contributed by atoms with van der Waals surface area (Å²) < 4.78 is 0. The molecule has 14 nitrogen and oxygen atoms in total. The summed E-state index contributed by atoms with van der Waals surface area (Å²) in [6, 6.07) is 1.81. The molecule has 3 aromatic rings. The van der Waals surface area contributed by atoms with Crippen molar-refractivity contribution in [2.75, 3.05) is 6.61 Å². The van der Waals surface area contributed by atoms with Crippen molar-refractivity contribution in [1.29, 1.82) is 0 Å². The Labute approximate surface area is 217 Å². The second-order valence-corrected chi connectivity index (χ2v) is 8.82. The van der Waals surface area contributed by atoms with Crippen LogP contribution >= 0.6 is 0 Å². The highest BCUT2D eigenvalue weighted by Gasteiger charge is 2.33. The Morgan fingerprint density at radius 2 is 1.71 bits per heavy atom. The van der Waals surface area contributed by atoms with Crippen molar-refractivity contribution in [1.82, 2.24) is 30.9 Å². The number of benzene rings is 1. The predicted molar refractivity (Wildman–Crippen MR) is 134 cm³/mol. The van der Waals surface area contributed by atoms with Gasteiger partial charge in [0.1, 0.15) is 18.1 Å². The zero-order valence-corrected chi connectivity index (χ0v) is 20.5. The Morgan fingerprint density at radius 3 is 2.34 bits per heavy atom. The summed E-state index contributed by atoms with van der Waals surface area (Å²) in [5.41, 5.74) is 7.96. The number of carbonyl (C=O) groups excluding carboxylic acids is 3. The molecule has 0 saturated carbocycles. The monoisotopic (exact) mass is 529 g/mol. The molecular weight excluding hydrogens is 498 g/mol. The van der Waals surface area contributed by atoms with E-state index in [-0.39, 0.29) is 12.8 Å². The molecule has 0 aliphatic heterocycles. The Bertz CT molecular complexity index is 1260. The van der Waals surface area contributed by atoms with Gasteiger partial charge in [0, 0.05) is 41.8 Å². The molecule has 0 aliphatic carbocycles. The number of hydrogen-bond donors (Lipinski definition) is 9. The second-order valence-electron chi connectivity index (χ2n) is 8.82. The number of H-pyrrole nitrogens is 2. The fourth-order valence-corrected chi connectivity index (χ4v) is 3.84. The number of carboxylic acid groups (broad SMARTS) is 1. The van der Waals surface area contributed by atoms with E-state index in [9.17, 15) is 34.5 Å². The van der Waals surface area contributed by atoms with Gasteiger partial charge in [0.05, 0.1) is 25.1 Å². The molecule has 5 atom stereocenters. The number of aliphatic carboxylic acids is 1. The average molecular weight is 530 g/mol. The Kier molecular flexibility index (Phi) is 9.54. The van der Waals surface area contributed by atoms with Crippen LogP contribution in [-0.2, 0) is 32.0 Å². The van der Waals surface area contributed by atoms with Gasteiger partial charge in [-0.1, -0.05) is 18.2 Å². The number of nitrogens with one attached hydrogen (secondary N) is 5. The summed E-state index contributed by atoms with van der Waals surface area (Å²) in [6.45, 7) is 0.418. The first-order valence-electron chi connectivity index (χ1n) is 11.8. The minimum Gasteiger partial charge on any atom is -0.480 e. The smallest absolute Gasteiger partial charge is 0.328 e. The summed E-state index contributed by atoms with van der Waals surface area (Å²) in [6.07, 6.45) is 3.26. The number of aliphatic hydroxyl groups is 2. The van der Waals surface area contributed by atoms with Gasteiger partial charge in [-0.25, -0.2) is 9.78 Å². The fourth-order valence-electron chi connectivity index (χ4n) is 3.84. The summed E-state index contributed by atoms with van der Waals surface area (Å²) in [5, 5.41) is 36.6. The molecule has 0 radical (unpaired) electrons. The maximum Gasteiger partial charge on any atom is 0.328 e.